The van der Waals surface area contributed by atoms with Crippen molar-refractivity contribution in [3.63, 3.8) is 0 Å². The molecule has 0 bridgehead atoms. The van der Waals surface area contributed by atoms with Gasteiger partial charge in [-0.3, -0.25) is 4.79 Å². The summed E-state index contributed by atoms with van der Waals surface area (Å²) in [5.74, 6) is 0.332. The van der Waals surface area contributed by atoms with Crippen molar-refractivity contribution in [3.8, 4) is 5.75 Å². The second-order valence-electron chi connectivity index (χ2n) is 7.66. The summed E-state index contributed by atoms with van der Waals surface area (Å²) in [6.45, 7) is 8.77. The fraction of sp³-hybridized carbons (Fsp3) is 0.588. The highest BCUT2D eigenvalue weighted by Gasteiger charge is 2.42. The molecule has 23 heavy (non-hydrogen) atoms. The predicted octanol–water partition coefficient (Wildman–Crippen LogP) is 2.77. The molecule has 0 unspecified atom stereocenters. The molecular formula is C17H25Cl2N2O2+. The minimum absolute atomic E-state index is 0.0532. The maximum absolute atomic E-state index is 12.2. The molecule has 0 spiro atoms. The van der Waals surface area contributed by atoms with E-state index in [2.05, 4.69) is 38.3 Å². The van der Waals surface area contributed by atoms with E-state index in [0.29, 0.717) is 15.8 Å². The zero-order valence-corrected chi connectivity index (χ0v) is 15.6. The number of nitrogens with two attached hydrogens (primary N) is 1. The fourth-order valence-corrected chi connectivity index (χ4v) is 4.09. The Labute approximate surface area is 147 Å². The van der Waals surface area contributed by atoms with Crippen molar-refractivity contribution >= 4 is 29.1 Å². The molecule has 3 N–H and O–H groups in total. The molecular weight excluding hydrogens is 335 g/mol. The molecule has 2 rings (SSSR count). The minimum atomic E-state index is -0.130. The average Bonchev–Trinajstić information content (AvgIpc) is 2.33. The number of hydrogen-bond donors (Lipinski definition) is 2. The van der Waals surface area contributed by atoms with Crippen LogP contribution in [0, 0.1) is 0 Å². The van der Waals surface area contributed by atoms with Crippen molar-refractivity contribution in [1.82, 2.24) is 5.32 Å². The van der Waals surface area contributed by atoms with E-state index in [1.54, 1.807) is 18.2 Å². The third-order valence-electron chi connectivity index (χ3n) is 3.94. The van der Waals surface area contributed by atoms with Gasteiger partial charge in [0.15, 0.2) is 6.61 Å². The summed E-state index contributed by atoms with van der Waals surface area (Å²) in [5.41, 5.74) is 0.222. The number of nitrogens with one attached hydrogen (secondary N) is 1. The van der Waals surface area contributed by atoms with Crippen molar-refractivity contribution in [1.29, 1.82) is 0 Å². The Morgan fingerprint density at radius 1 is 1.26 bits per heavy atom. The maximum atomic E-state index is 12.2. The summed E-state index contributed by atoms with van der Waals surface area (Å²) in [7, 11) is 0. The molecule has 0 saturated carbocycles. The van der Waals surface area contributed by atoms with Crippen molar-refractivity contribution in [2.75, 3.05) is 6.61 Å². The van der Waals surface area contributed by atoms with E-state index >= 15 is 0 Å². The van der Waals surface area contributed by atoms with Gasteiger partial charge in [-0.1, -0.05) is 23.2 Å². The fourth-order valence-electron chi connectivity index (χ4n) is 3.62. The van der Waals surface area contributed by atoms with Gasteiger partial charge in [0.2, 0.25) is 0 Å². The van der Waals surface area contributed by atoms with Gasteiger partial charge in [-0.25, -0.2) is 0 Å². The number of carbonyl (C=O) groups excluding carboxylic acids is 1. The summed E-state index contributed by atoms with van der Waals surface area (Å²) in [6.07, 6.45) is 1.87. The third-order valence-corrected chi connectivity index (χ3v) is 4.47. The number of ether oxygens (including phenoxy) is 1. The predicted molar refractivity (Wildman–Crippen MR) is 93.2 cm³/mol. The van der Waals surface area contributed by atoms with Gasteiger partial charge in [0.1, 0.15) is 5.75 Å². The van der Waals surface area contributed by atoms with Crippen LogP contribution in [0.3, 0.4) is 0 Å². The number of carbonyl (C=O) groups is 1. The smallest absolute Gasteiger partial charge is 0.258 e. The summed E-state index contributed by atoms with van der Waals surface area (Å²) < 4.78 is 5.49. The lowest BCUT2D eigenvalue weighted by molar-refractivity contribution is -0.787. The van der Waals surface area contributed by atoms with E-state index in [-0.39, 0.29) is 29.6 Å². The van der Waals surface area contributed by atoms with Gasteiger partial charge < -0.3 is 15.4 Å². The first-order chi connectivity index (χ1) is 10.6. The van der Waals surface area contributed by atoms with Gasteiger partial charge >= 0.3 is 0 Å². The van der Waals surface area contributed by atoms with Gasteiger partial charge in [0, 0.05) is 23.9 Å². The molecule has 0 radical (unpaired) electrons. The molecule has 1 saturated heterocycles. The van der Waals surface area contributed by atoms with Crippen molar-refractivity contribution in [3.05, 3.63) is 28.2 Å². The minimum Gasteiger partial charge on any atom is -0.482 e. The zero-order chi connectivity index (χ0) is 17.3. The molecule has 6 heteroatoms. The number of quaternary nitrogens is 1. The van der Waals surface area contributed by atoms with Crippen LogP contribution in [0.1, 0.15) is 40.5 Å². The largest absolute Gasteiger partial charge is 0.482 e. The van der Waals surface area contributed by atoms with Crippen LogP contribution in [0.15, 0.2) is 18.2 Å². The van der Waals surface area contributed by atoms with Crippen molar-refractivity contribution in [2.24, 2.45) is 0 Å². The molecule has 1 aliphatic heterocycles. The van der Waals surface area contributed by atoms with Crippen LogP contribution in [0.2, 0.25) is 10.0 Å². The zero-order valence-electron chi connectivity index (χ0n) is 14.1. The third kappa shape index (κ3) is 5.55. The molecule has 0 atom stereocenters. The number of hydrogen-bond acceptors (Lipinski definition) is 2. The number of halogens is 2. The SMILES string of the molecule is CC1(C)CC(NC(=O)COc2ccc(Cl)cc2Cl)CC(C)(C)[NH2+]1. The Balaban J connectivity index is 1.89. The second-order valence-corrected chi connectivity index (χ2v) is 8.50. The lowest BCUT2D eigenvalue weighted by Gasteiger charge is -2.43. The summed E-state index contributed by atoms with van der Waals surface area (Å²) >= 11 is 11.9. The van der Waals surface area contributed by atoms with Crippen LogP contribution >= 0.6 is 23.2 Å². The first kappa shape index (κ1) is 18.4. The highest BCUT2D eigenvalue weighted by molar-refractivity contribution is 6.35. The van der Waals surface area contributed by atoms with Crippen LogP contribution in [-0.4, -0.2) is 29.6 Å². The monoisotopic (exact) mass is 359 g/mol. The molecule has 1 heterocycles. The van der Waals surface area contributed by atoms with Crippen LogP contribution in [0.4, 0.5) is 0 Å². The normalized spacial score (nSPS) is 20.1. The van der Waals surface area contributed by atoms with E-state index in [1.165, 1.54) is 0 Å². The second kappa shape index (κ2) is 6.88. The Kier molecular flexibility index (Phi) is 5.49. The standard InChI is InChI=1S/C17H24Cl2N2O2/c1-16(2)8-12(9-17(3,4)21-16)20-15(22)10-23-14-6-5-11(18)7-13(14)19/h5-7,12,21H,8-10H2,1-4H3,(H,20,22)/p+1. The number of piperidine rings is 1. The molecule has 1 amide bonds. The molecule has 0 aromatic heterocycles. The molecule has 128 valence electrons. The molecule has 1 aromatic rings. The highest BCUT2D eigenvalue weighted by atomic mass is 35.5. The van der Waals surface area contributed by atoms with E-state index in [9.17, 15) is 4.79 Å². The van der Waals surface area contributed by atoms with Crippen molar-refractivity contribution < 1.29 is 14.8 Å². The first-order valence-corrected chi connectivity index (χ1v) is 8.56. The maximum Gasteiger partial charge on any atom is 0.258 e. The highest BCUT2D eigenvalue weighted by Crippen LogP contribution is 2.27. The van der Waals surface area contributed by atoms with E-state index in [1.807, 2.05) is 0 Å². The first-order valence-electron chi connectivity index (χ1n) is 7.81. The summed E-state index contributed by atoms with van der Waals surface area (Å²) in [5, 5.41) is 6.40. The Hall–Kier alpha value is -0.970. The Morgan fingerprint density at radius 2 is 1.87 bits per heavy atom. The van der Waals surface area contributed by atoms with Crippen LogP contribution in [0.5, 0.6) is 5.75 Å². The lowest BCUT2D eigenvalue weighted by atomic mass is 9.79. The quantitative estimate of drug-likeness (QED) is 0.868. The van der Waals surface area contributed by atoms with Gasteiger partial charge in [0.05, 0.1) is 16.1 Å². The van der Waals surface area contributed by atoms with E-state index < -0.39 is 0 Å². The van der Waals surface area contributed by atoms with Crippen LogP contribution in [0.25, 0.3) is 0 Å². The Bertz CT molecular complexity index is 572. The topological polar surface area (TPSA) is 54.9 Å². The van der Waals surface area contributed by atoms with Gasteiger partial charge in [0.25, 0.3) is 5.91 Å². The molecule has 1 aliphatic rings. The number of amides is 1. The van der Waals surface area contributed by atoms with E-state index in [4.69, 9.17) is 27.9 Å². The molecule has 1 aromatic carbocycles. The van der Waals surface area contributed by atoms with Crippen LogP contribution < -0.4 is 15.4 Å². The average molecular weight is 360 g/mol. The van der Waals surface area contributed by atoms with Crippen molar-refractivity contribution in [2.45, 2.75) is 57.7 Å². The lowest BCUT2D eigenvalue weighted by Crippen LogP contribution is -3.06. The van der Waals surface area contributed by atoms with Gasteiger partial charge in [-0.05, 0) is 45.9 Å². The van der Waals surface area contributed by atoms with Gasteiger partial charge in [-0.2, -0.15) is 0 Å². The summed E-state index contributed by atoms with van der Waals surface area (Å²) in [6, 6.07) is 5.10. The van der Waals surface area contributed by atoms with Gasteiger partial charge in [-0.15, -0.1) is 0 Å². The number of benzene rings is 1. The van der Waals surface area contributed by atoms with E-state index in [0.717, 1.165) is 12.8 Å². The van der Waals surface area contributed by atoms with Crippen LogP contribution in [-0.2, 0) is 4.79 Å². The summed E-state index contributed by atoms with van der Waals surface area (Å²) in [4.78, 5) is 12.2. The molecule has 4 nitrogen and oxygen atoms in total. The Morgan fingerprint density at radius 3 is 2.43 bits per heavy atom. The molecule has 1 fully saturated rings. The number of rotatable bonds is 4. The molecule has 0 aliphatic carbocycles.